The summed E-state index contributed by atoms with van der Waals surface area (Å²) in [5, 5.41) is 4.02. The van der Waals surface area contributed by atoms with Gasteiger partial charge >= 0.3 is 0 Å². The first kappa shape index (κ1) is 14.3. The first-order chi connectivity index (χ1) is 9.51. The second kappa shape index (κ2) is 5.90. The maximum Gasteiger partial charge on any atom is 0.224 e. The SMILES string of the molecule is COc1ccc2c(F)c(CC(=O)NC(C)C)ccc2c1. The summed E-state index contributed by atoms with van der Waals surface area (Å²) in [5.41, 5.74) is 0.404. The van der Waals surface area contributed by atoms with Crippen LogP contribution in [0.2, 0.25) is 0 Å². The minimum Gasteiger partial charge on any atom is -0.497 e. The average molecular weight is 275 g/mol. The predicted octanol–water partition coefficient (Wildman–Crippen LogP) is 3.05. The van der Waals surface area contributed by atoms with E-state index in [4.69, 9.17) is 4.74 Å². The quantitative estimate of drug-likeness (QED) is 0.931. The van der Waals surface area contributed by atoms with Crippen LogP contribution < -0.4 is 10.1 Å². The lowest BCUT2D eigenvalue weighted by Crippen LogP contribution is -2.31. The van der Waals surface area contributed by atoms with Crippen molar-refractivity contribution >= 4 is 16.7 Å². The number of nitrogens with one attached hydrogen (secondary N) is 1. The Kier molecular flexibility index (Phi) is 4.23. The maximum atomic E-state index is 14.4. The Morgan fingerprint density at radius 1 is 1.30 bits per heavy atom. The monoisotopic (exact) mass is 275 g/mol. The van der Waals surface area contributed by atoms with E-state index in [2.05, 4.69) is 5.32 Å². The number of fused-ring (bicyclic) bond motifs is 1. The number of carbonyl (C=O) groups is 1. The van der Waals surface area contributed by atoms with Crippen LogP contribution in [0.4, 0.5) is 4.39 Å². The Morgan fingerprint density at radius 2 is 2.05 bits per heavy atom. The largest absolute Gasteiger partial charge is 0.497 e. The van der Waals surface area contributed by atoms with Crippen LogP contribution in [0.15, 0.2) is 30.3 Å². The van der Waals surface area contributed by atoms with Crippen molar-refractivity contribution in [1.82, 2.24) is 5.32 Å². The molecule has 0 spiro atoms. The topological polar surface area (TPSA) is 38.3 Å². The third-order valence-electron chi connectivity index (χ3n) is 3.04. The van der Waals surface area contributed by atoms with E-state index in [0.717, 1.165) is 5.39 Å². The molecule has 0 fully saturated rings. The van der Waals surface area contributed by atoms with Gasteiger partial charge in [-0.3, -0.25) is 4.79 Å². The zero-order valence-corrected chi connectivity index (χ0v) is 11.9. The number of rotatable bonds is 4. The minimum absolute atomic E-state index is 0.0476. The fraction of sp³-hybridized carbons (Fsp3) is 0.312. The molecule has 0 atom stereocenters. The minimum atomic E-state index is -0.343. The highest BCUT2D eigenvalue weighted by Crippen LogP contribution is 2.25. The van der Waals surface area contributed by atoms with Gasteiger partial charge in [-0.15, -0.1) is 0 Å². The summed E-state index contributed by atoms with van der Waals surface area (Å²) in [5.74, 6) is 0.165. The first-order valence-corrected chi connectivity index (χ1v) is 6.55. The smallest absolute Gasteiger partial charge is 0.224 e. The predicted molar refractivity (Wildman–Crippen MR) is 77.4 cm³/mol. The maximum absolute atomic E-state index is 14.4. The molecule has 2 aromatic rings. The number of hydrogen-bond donors (Lipinski definition) is 1. The lowest BCUT2D eigenvalue weighted by Gasteiger charge is -2.10. The normalized spacial score (nSPS) is 10.8. The molecule has 0 aliphatic rings. The highest BCUT2D eigenvalue weighted by molar-refractivity contribution is 5.87. The standard InChI is InChI=1S/C16H18FNO2/c1-10(2)18-15(19)9-12-5-4-11-8-13(20-3)6-7-14(11)16(12)17/h4-8,10H,9H2,1-3H3,(H,18,19). The van der Waals surface area contributed by atoms with Gasteiger partial charge in [0.05, 0.1) is 13.5 Å². The number of hydrogen-bond acceptors (Lipinski definition) is 2. The molecule has 1 N–H and O–H groups in total. The number of carbonyl (C=O) groups excluding carboxylic acids is 1. The summed E-state index contributed by atoms with van der Waals surface area (Å²) in [7, 11) is 1.57. The van der Waals surface area contributed by atoms with Gasteiger partial charge in [-0.1, -0.05) is 12.1 Å². The van der Waals surface area contributed by atoms with Gasteiger partial charge in [-0.2, -0.15) is 0 Å². The van der Waals surface area contributed by atoms with E-state index in [1.165, 1.54) is 0 Å². The molecule has 2 aromatic carbocycles. The van der Waals surface area contributed by atoms with Crippen molar-refractivity contribution in [2.45, 2.75) is 26.3 Å². The van der Waals surface area contributed by atoms with Crippen LogP contribution in [-0.4, -0.2) is 19.1 Å². The van der Waals surface area contributed by atoms with Gasteiger partial charge in [0.25, 0.3) is 0 Å². The molecule has 3 nitrogen and oxygen atoms in total. The molecule has 2 rings (SSSR count). The molecule has 0 bridgehead atoms. The van der Waals surface area contributed by atoms with Gasteiger partial charge in [-0.25, -0.2) is 4.39 Å². The fourth-order valence-corrected chi connectivity index (χ4v) is 2.12. The van der Waals surface area contributed by atoms with Crippen LogP contribution in [0.25, 0.3) is 10.8 Å². The number of benzene rings is 2. The summed E-state index contributed by atoms with van der Waals surface area (Å²) in [6, 6.07) is 8.67. The van der Waals surface area contributed by atoms with E-state index < -0.39 is 0 Å². The van der Waals surface area contributed by atoms with Crippen molar-refractivity contribution in [2.75, 3.05) is 7.11 Å². The molecule has 0 radical (unpaired) electrons. The van der Waals surface area contributed by atoms with Crippen molar-refractivity contribution in [3.8, 4) is 5.75 Å². The van der Waals surface area contributed by atoms with Crippen molar-refractivity contribution in [3.63, 3.8) is 0 Å². The van der Waals surface area contributed by atoms with E-state index >= 15 is 0 Å². The van der Waals surface area contributed by atoms with E-state index in [9.17, 15) is 9.18 Å². The van der Waals surface area contributed by atoms with Gasteiger partial charge in [0.2, 0.25) is 5.91 Å². The molecular weight excluding hydrogens is 257 g/mol. The molecule has 0 saturated carbocycles. The zero-order chi connectivity index (χ0) is 14.7. The number of methoxy groups -OCH3 is 1. The molecule has 0 aliphatic carbocycles. The third kappa shape index (κ3) is 3.07. The van der Waals surface area contributed by atoms with E-state index in [1.807, 2.05) is 13.8 Å². The highest BCUT2D eigenvalue weighted by Gasteiger charge is 2.12. The molecule has 0 saturated heterocycles. The third-order valence-corrected chi connectivity index (χ3v) is 3.04. The Labute approximate surface area is 117 Å². The van der Waals surface area contributed by atoms with E-state index in [1.54, 1.807) is 37.4 Å². The van der Waals surface area contributed by atoms with Crippen molar-refractivity contribution < 1.29 is 13.9 Å². The van der Waals surface area contributed by atoms with Gasteiger partial charge < -0.3 is 10.1 Å². The van der Waals surface area contributed by atoms with Crippen LogP contribution in [0.1, 0.15) is 19.4 Å². The highest BCUT2D eigenvalue weighted by atomic mass is 19.1. The Balaban J connectivity index is 2.32. The van der Waals surface area contributed by atoms with Crippen LogP contribution in [0, 0.1) is 5.82 Å². The number of ether oxygens (including phenoxy) is 1. The van der Waals surface area contributed by atoms with Crippen LogP contribution in [0.5, 0.6) is 5.75 Å². The first-order valence-electron chi connectivity index (χ1n) is 6.55. The molecule has 1 amide bonds. The second-order valence-electron chi connectivity index (χ2n) is 5.02. The van der Waals surface area contributed by atoms with Crippen molar-refractivity contribution in [3.05, 3.63) is 41.7 Å². The molecule has 0 unspecified atom stereocenters. The van der Waals surface area contributed by atoms with Gasteiger partial charge in [0, 0.05) is 11.4 Å². The van der Waals surface area contributed by atoms with Gasteiger partial charge in [0.15, 0.2) is 0 Å². The van der Waals surface area contributed by atoms with Crippen LogP contribution >= 0.6 is 0 Å². The molecule has 0 aliphatic heterocycles. The van der Waals surface area contributed by atoms with Crippen LogP contribution in [-0.2, 0) is 11.2 Å². The van der Waals surface area contributed by atoms with Crippen LogP contribution in [0.3, 0.4) is 0 Å². The van der Waals surface area contributed by atoms with E-state index in [-0.39, 0.29) is 24.2 Å². The Bertz CT molecular complexity index is 638. The Hall–Kier alpha value is -2.10. The fourth-order valence-electron chi connectivity index (χ4n) is 2.12. The van der Waals surface area contributed by atoms with Gasteiger partial charge in [-0.05, 0) is 43.0 Å². The Morgan fingerprint density at radius 3 is 2.70 bits per heavy atom. The lowest BCUT2D eigenvalue weighted by atomic mass is 10.0. The number of amides is 1. The molecular formula is C16H18FNO2. The molecule has 106 valence electrons. The molecule has 0 heterocycles. The summed E-state index contributed by atoms with van der Waals surface area (Å²) in [6.45, 7) is 3.75. The average Bonchev–Trinajstić information content (AvgIpc) is 2.40. The van der Waals surface area contributed by atoms with Crippen molar-refractivity contribution in [1.29, 1.82) is 0 Å². The molecule has 20 heavy (non-hydrogen) atoms. The molecule has 0 aromatic heterocycles. The van der Waals surface area contributed by atoms with Gasteiger partial charge in [0.1, 0.15) is 11.6 Å². The summed E-state index contributed by atoms with van der Waals surface area (Å²) >= 11 is 0. The van der Waals surface area contributed by atoms with E-state index in [0.29, 0.717) is 16.7 Å². The summed E-state index contributed by atoms with van der Waals surface area (Å²) in [4.78, 5) is 11.7. The van der Waals surface area contributed by atoms with Crippen molar-refractivity contribution in [2.24, 2.45) is 0 Å². The lowest BCUT2D eigenvalue weighted by molar-refractivity contribution is -0.120. The second-order valence-corrected chi connectivity index (χ2v) is 5.02. The number of halogens is 1. The zero-order valence-electron chi connectivity index (χ0n) is 11.9. The summed E-state index contributed by atoms with van der Waals surface area (Å²) in [6.07, 6.45) is 0.0476. The molecule has 4 heteroatoms. The summed E-state index contributed by atoms with van der Waals surface area (Å²) < 4.78 is 19.5.